The second-order valence-corrected chi connectivity index (χ2v) is 5.94. The fourth-order valence-electron chi connectivity index (χ4n) is 2.01. The molecular weight excluding hydrogens is 230 g/mol. The molecule has 1 aliphatic rings. The van der Waals surface area contributed by atoms with Crippen molar-refractivity contribution in [3.8, 4) is 0 Å². The van der Waals surface area contributed by atoms with Crippen molar-refractivity contribution in [1.29, 1.82) is 0 Å². The highest BCUT2D eigenvalue weighted by Crippen LogP contribution is 2.33. The minimum Gasteiger partial charge on any atom is -0.398 e. The third kappa shape index (κ3) is 2.18. The van der Waals surface area contributed by atoms with Gasteiger partial charge in [-0.1, -0.05) is 30.5 Å². The monoisotopic (exact) mass is 243 g/mol. The first-order chi connectivity index (χ1) is 7.20. The van der Waals surface area contributed by atoms with Crippen LogP contribution in [0.3, 0.4) is 0 Å². The average molecular weight is 244 g/mol. The van der Waals surface area contributed by atoms with Crippen LogP contribution in [-0.4, -0.2) is 9.46 Å². The number of hydrogen-bond acceptors (Lipinski definition) is 2. The summed E-state index contributed by atoms with van der Waals surface area (Å²) in [5.74, 6) is 0. The van der Waals surface area contributed by atoms with Gasteiger partial charge in [-0.15, -0.1) is 0 Å². The molecule has 0 radical (unpaired) electrons. The number of hydrogen-bond donors (Lipinski definition) is 1. The molecule has 4 heteroatoms. The van der Waals surface area contributed by atoms with Crippen LogP contribution in [0, 0.1) is 0 Å². The number of anilines is 1. The number of nitrogens with two attached hydrogens (primary N) is 1. The first-order valence-corrected chi connectivity index (χ1v) is 6.74. The van der Waals surface area contributed by atoms with E-state index in [1.807, 2.05) is 0 Å². The molecule has 82 valence electrons. The molecule has 2 rings (SSSR count). The molecule has 1 aromatic carbocycles. The Bertz CT molecular complexity index is 368. The van der Waals surface area contributed by atoms with E-state index in [1.165, 1.54) is 12.8 Å². The Morgan fingerprint density at radius 3 is 2.60 bits per heavy atom. The molecule has 0 aromatic heterocycles. The van der Waals surface area contributed by atoms with Crippen LogP contribution in [-0.2, 0) is 10.8 Å². The van der Waals surface area contributed by atoms with Gasteiger partial charge in [-0.25, -0.2) is 0 Å². The zero-order chi connectivity index (χ0) is 10.8. The van der Waals surface area contributed by atoms with E-state index >= 15 is 0 Å². The number of benzene rings is 1. The Morgan fingerprint density at radius 2 is 2.00 bits per heavy atom. The van der Waals surface area contributed by atoms with Crippen molar-refractivity contribution in [3.63, 3.8) is 0 Å². The van der Waals surface area contributed by atoms with E-state index in [0.29, 0.717) is 15.6 Å². The number of halogens is 1. The lowest BCUT2D eigenvalue weighted by Crippen LogP contribution is -2.12. The summed E-state index contributed by atoms with van der Waals surface area (Å²) in [5, 5.41) is 0.771. The van der Waals surface area contributed by atoms with Gasteiger partial charge >= 0.3 is 0 Å². The molecule has 1 saturated carbocycles. The third-order valence-corrected chi connectivity index (χ3v) is 5.17. The van der Waals surface area contributed by atoms with Crippen LogP contribution in [0.4, 0.5) is 5.69 Å². The van der Waals surface area contributed by atoms with Crippen molar-refractivity contribution in [2.75, 3.05) is 5.73 Å². The van der Waals surface area contributed by atoms with Crippen molar-refractivity contribution in [3.05, 3.63) is 23.2 Å². The lowest BCUT2D eigenvalue weighted by molar-refractivity contribution is 0.669. The highest BCUT2D eigenvalue weighted by atomic mass is 35.5. The van der Waals surface area contributed by atoms with E-state index in [0.717, 1.165) is 12.8 Å². The molecule has 0 aliphatic heterocycles. The molecule has 1 unspecified atom stereocenters. The second-order valence-electron chi connectivity index (χ2n) is 3.86. The Hall–Kier alpha value is -0.540. The van der Waals surface area contributed by atoms with E-state index in [9.17, 15) is 4.21 Å². The van der Waals surface area contributed by atoms with Gasteiger partial charge in [-0.2, -0.15) is 0 Å². The maximum absolute atomic E-state index is 12.2. The van der Waals surface area contributed by atoms with Crippen molar-refractivity contribution in [1.82, 2.24) is 0 Å². The van der Waals surface area contributed by atoms with E-state index in [4.69, 9.17) is 17.3 Å². The largest absolute Gasteiger partial charge is 0.398 e. The molecule has 1 aliphatic carbocycles. The van der Waals surface area contributed by atoms with Gasteiger partial charge in [-0.05, 0) is 25.0 Å². The Labute approximate surface area is 97.3 Å². The molecule has 2 N–H and O–H groups in total. The summed E-state index contributed by atoms with van der Waals surface area (Å²) >= 11 is 6.03. The van der Waals surface area contributed by atoms with E-state index in [2.05, 4.69) is 0 Å². The molecule has 15 heavy (non-hydrogen) atoms. The van der Waals surface area contributed by atoms with Crippen LogP contribution >= 0.6 is 11.6 Å². The molecule has 1 aromatic rings. The summed E-state index contributed by atoms with van der Waals surface area (Å²) in [4.78, 5) is 0.631. The molecule has 2 nitrogen and oxygen atoms in total. The summed E-state index contributed by atoms with van der Waals surface area (Å²) in [7, 11) is -1.04. The number of rotatable bonds is 2. The fraction of sp³-hybridized carbons (Fsp3) is 0.455. The maximum atomic E-state index is 12.2. The fourth-order valence-corrected chi connectivity index (χ4v) is 4.07. The predicted molar refractivity (Wildman–Crippen MR) is 64.5 cm³/mol. The summed E-state index contributed by atoms with van der Waals surface area (Å²) in [6.07, 6.45) is 4.38. The predicted octanol–water partition coefficient (Wildman–Crippen LogP) is 2.97. The molecule has 1 atom stereocenters. The highest BCUT2D eigenvalue weighted by Gasteiger charge is 2.25. The lowest BCUT2D eigenvalue weighted by atomic mass is 10.3. The molecule has 1 fully saturated rings. The van der Waals surface area contributed by atoms with Crippen LogP contribution in [0.25, 0.3) is 0 Å². The summed E-state index contributed by atoms with van der Waals surface area (Å²) in [6, 6.07) is 5.29. The van der Waals surface area contributed by atoms with E-state index in [1.54, 1.807) is 18.2 Å². The van der Waals surface area contributed by atoms with Gasteiger partial charge in [0.05, 0.1) is 20.7 Å². The van der Waals surface area contributed by atoms with Crippen LogP contribution in [0.1, 0.15) is 25.7 Å². The Morgan fingerprint density at radius 1 is 1.33 bits per heavy atom. The average Bonchev–Trinajstić information content (AvgIpc) is 2.69. The summed E-state index contributed by atoms with van der Waals surface area (Å²) < 4.78 is 12.2. The van der Waals surface area contributed by atoms with Gasteiger partial charge in [0, 0.05) is 10.9 Å². The second kappa shape index (κ2) is 4.54. The topological polar surface area (TPSA) is 43.1 Å². The maximum Gasteiger partial charge on any atom is 0.0806 e. The molecule has 0 heterocycles. The van der Waals surface area contributed by atoms with E-state index in [-0.39, 0.29) is 5.25 Å². The van der Waals surface area contributed by atoms with Crippen LogP contribution in [0.15, 0.2) is 23.1 Å². The molecule has 0 bridgehead atoms. The smallest absolute Gasteiger partial charge is 0.0806 e. The lowest BCUT2D eigenvalue weighted by Gasteiger charge is -2.12. The minimum atomic E-state index is -1.04. The van der Waals surface area contributed by atoms with Gasteiger partial charge in [0.1, 0.15) is 0 Å². The van der Waals surface area contributed by atoms with Gasteiger partial charge < -0.3 is 5.73 Å². The van der Waals surface area contributed by atoms with Crippen molar-refractivity contribution in [2.45, 2.75) is 35.8 Å². The Balaban J connectivity index is 2.32. The quantitative estimate of drug-likeness (QED) is 0.812. The standard InChI is InChI=1S/C11H14ClNOS/c12-9-6-3-7-10(13)11(9)15(14)8-4-1-2-5-8/h3,6-8H,1-2,4-5,13H2. The van der Waals surface area contributed by atoms with E-state index < -0.39 is 10.8 Å². The minimum absolute atomic E-state index is 0.243. The molecule has 0 saturated heterocycles. The molecular formula is C11H14ClNOS. The zero-order valence-electron chi connectivity index (χ0n) is 8.41. The van der Waals surface area contributed by atoms with Gasteiger partial charge in [0.2, 0.25) is 0 Å². The highest BCUT2D eigenvalue weighted by molar-refractivity contribution is 7.86. The Kier molecular flexibility index (Phi) is 3.32. The summed E-state index contributed by atoms with van der Waals surface area (Å²) in [6.45, 7) is 0. The van der Waals surface area contributed by atoms with Gasteiger partial charge in [-0.3, -0.25) is 4.21 Å². The van der Waals surface area contributed by atoms with Crippen molar-refractivity contribution < 1.29 is 4.21 Å². The first kappa shape index (κ1) is 11.0. The normalized spacial score (nSPS) is 19.3. The SMILES string of the molecule is Nc1cccc(Cl)c1S(=O)C1CCCC1. The molecule has 0 amide bonds. The van der Waals surface area contributed by atoms with Gasteiger partial charge in [0.25, 0.3) is 0 Å². The van der Waals surface area contributed by atoms with Gasteiger partial charge in [0.15, 0.2) is 0 Å². The summed E-state index contributed by atoms with van der Waals surface area (Å²) in [5.41, 5.74) is 6.36. The third-order valence-electron chi connectivity index (χ3n) is 2.80. The van der Waals surface area contributed by atoms with Crippen LogP contribution in [0.5, 0.6) is 0 Å². The number of nitrogen functional groups attached to an aromatic ring is 1. The first-order valence-electron chi connectivity index (χ1n) is 5.14. The molecule has 0 spiro atoms. The zero-order valence-corrected chi connectivity index (χ0v) is 9.98. The van der Waals surface area contributed by atoms with Crippen LogP contribution in [0.2, 0.25) is 5.02 Å². The van der Waals surface area contributed by atoms with Crippen molar-refractivity contribution in [2.24, 2.45) is 0 Å². The van der Waals surface area contributed by atoms with Crippen LogP contribution < -0.4 is 5.73 Å². The van der Waals surface area contributed by atoms with Crippen molar-refractivity contribution >= 4 is 28.1 Å².